The molecule has 0 saturated carbocycles. The van der Waals surface area contributed by atoms with Crippen molar-refractivity contribution in [2.24, 2.45) is 0 Å². The first-order chi connectivity index (χ1) is 11.1. The summed E-state index contributed by atoms with van der Waals surface area (Å²) >= 11 is 1.38. The molecule has 2 aromatic rings. The summed E-state index contributed by atoms with van der Waals surface area (Å²) in [4.78, 5) is 14.8. The van der Waals surface area contributed by atoms with E-state index in [1.54, 1.807) is 10.8 Å². The van der Waals surface area contributed by atoms with Crippen molar-refractivity contribution in [1.29, 1.82) is 0 Å². The van der Waals surface area contributed by atoms with Gasteiger partial charge in [-0.2, -0.15) is 0 Å². The quantitative estimate of drug-likeness (QED) is 0.622. The van der Waals surface area contributed by atoms with Crippen LogP contribution in [0.2, 0.25) is 0 Å². The average molecular weight is 329 g/mol. The maximum atomic E-state index is 12.9. The lowest BCUT2D eigenvalue weighted by atomic mass is 10.1. The highest BCUT2D eigenvalue weighted by Crippen LogP contribution is 2.34. The molecule has 2 unspecified atom stereocenters. The van der Waals surface area contributed by atoms with Gasteiger partial charge >= 0.3 is 0 Å². The molecule has 3 rings (SSSR count). The number of aromatic nitrogens is 4. The summed E-state index contributed by atoms with van der Waals surface area (Å²) in [6, 6.07) is 8.25. The molecule has 1 aromatic carbocycles. The van der Waals surface area contributed by atoms with Crippen LogP contribution in [-0.2, 0) is 17.8 Å². The van der Waals surface area contributed by atoms with Crippen LogP contribution in [0.15, 0.2) is 42.1 Å². The molecule has 1 aromatic heterocycles. The van der Waals surface area contributed by atoms with Crippen molar-refractivity contribution in [2.45, 2.75) is 43.3 Å². The number of tetrazole rings is 1. The maximum Gasteiger partial charge on any atom is 0.240 e. The van der Waals surface area contributed by atoms with E-state index in [9.17, 15) is 4.79 Å². The van der Waals surface area contributed by atoms with E-state index >= 15 is 0 Å². The summed E-state index contributed by atoms with van der Waals surface area (Å²) in [5, 5.41) is 11.9. The van der Waals surface area contributed by atoms with Crippen molar-refractivity contribution in [1.82, 2.24) is 20.2 Å². The van der Waals surface area contributed by atoms with Crippen molar-refractivity contribution >= 4 is 23.4 Å². The number of allylic oxidation sites excluding steroid dienone is 1. The minimum atomic E-state index is -0.266. The van der Waals surface area contributed by atoms with E-state index in [1.807, 2.05) is 30.0 Å². The average Bonchev–Trinajstić information content (AvgIpc) is 3.10. The van der Waals surface area contributed by atoms with E-state index < -0.39 is 0 Å². The Hall–Kier alpha value is -2.15. The van der Waals surface area contributed by atoms with Gasteiger partial charge in [0.25, 0.3) is 0 Å². The summed E-state index contributed by atoms with van der Waals surface area (Å²) < 4.78 is 1.64. The third-order valence-electron chi connectivity index (χ3n) is 3.88. The van der Waals surface area contributed by atoms with Gasteiger partial charge in [-0.3, -0.25) is 4.79 Å². The molecule has 0 fully saturated rings. The second-order valence-electron chi connectivity index (χ2n) is 5.58. The van der Waals surface area contributed by atoms with Gasteiger partial charge in [0, 0.05) is 11.7 Å². The first-order valence-corrected chi connectivity index (χ1v) is 8.44. The number of carbonyl (C=O) groups is 1. The Kier molecular flexibility index (Phi) is 4.47. The third kappa shape index (κ3) is 3.01. The van der Waals surface area contributed by atoms with Crippen LogP contribution in [0, 0.1) is 0 Å². The molecule has 6 nitrogen and oxygen atoms in total. The van der Waals surface area contributed by atoms with Crippen molar-refractivity contribution < 1.29 is 4.79 Å². The Morgan fingerprint density at radius 2 is 2.30 bits per heavy atom. The molecular formula is C16H19N5OS. The van der Waals surface area contributed by atoms with E-state index in [4.69, 9.17) is 0 Å². The molecule has 23 heavy (non-hydrogen) atoms. The van der Waals surface area contributed by atoms with Gasteiger partial charge in [-0.15, -0.1) is 11.7 Å². The monoisotopic (exact) mass is 329 g/mol. The lowest BCUT2D eigenvalue weighted by Crippen LogP contribution is -2.40. The van der Waals surface area contributed by atoms with E-state index in [1.165, 1.54) is 17.3 Å². The Labute approximate surface area is 139 Å². The normalized spacial score (nSPS) is 17.8. The predicted octanol–water partition coefficient (Wildman–Crippen LogP) is 2.32. The first-order valence-electron chi connectivity index (χ1n) is 7.56. The fourth-order valence-electron chi connectivity index (χ4n) is 2.82. The zero-order valence-corrected chi connectivity index (χ0v) is 14.0. The van der Waals surface area contributed by atoms with Gasteiger partial charge in [0.2, 0.25) is 11.1 Å². The SMILES string of the molecule is C=CCn1nnnc1SC(C)C(=O)N1c2ccccc2CC1C. The van der Waals surface area contributed by atoms with E-state index in [0.717, 1.165) is 12.1 Å². The summed E-state index contributed by atoms with van der Waals surface area (Å²) in [7, 11) is 0. The fraction of sp³-hybridized carbons (Fsp3) is 0.375. The second-order valence-corrected chi connectivity index (χ2v) is 6.89. The number of anilines is 1. The molecule has 0 saturated heterocycles. The van der Waals surface area contributed by atoms with Crippen molar-refractivity contribution in [3.8, 4) is 0 Å². The van der Waals surface area contributed by atoms with Crippen LogP contribution in [0.1, 0.15) is 19.4 Å². The Balaban J connectivity index is 1.77. The molecule has 2 atom stereocenters. The highest BCUT2D eigenvalue weighted by atomic mass is 32.2. The second kappa shape index (κ2) is 6.54. The van der Waals surface area contributed by atoms with Crippen LogP contribution in [0.5, 0.6) is 0 Å². The first kappa shape index (κ1) is 15.7. The van der Waals surface area contributed by atoms with E-state index in [0.29, 0.717) is 11.7 Å². The van der Waals surface area contributed by atoms with Gasteiger partial charge in [0.15, 0.2) is 0 Å². The Morgan fingerprint density at radius 1 is 1.52 bits per heavy atom. The standard InChI is InChI=1S/C16H19N5OS/c1-4-9-20-16(17-18-19-20)23-12(3)15(22)21-11(2)10-13-7-5-6-8-14(13)21/h4-8,11-12H,1,9-10H2,2-3H3. The molecule has 7 heteroatoms. The largest absolute Gasteiger partial charge is 0.308 e. The zero-order valence-electron chi connectivity index (χ0n) is 13.2. The highest BCUT2D eigenvalue weighted by Gasteiger charge is 2.33. The molecule has 120 valence electrons. The molecule has 0 aliphatic carbocycles. The van der Waals surface area contributed by atoms with Gasteiger partial charge in [0.1, 0.15) is 0 Å². The van der Waals surface area contributed by atoms with E-state index in [-0.39, 0.29) is 17.2 Å². The van der Waals surface area contributed by atoms with Crippen LogP contribution < -0.4 is 4.90 Å². The fourth-order valence-corrected chi connectivity index (χ4v) is 3.67. The smallest absolute Gasteiger partial charge is 0.240 e. The highest BCUT2D eigenvalue weighted by molar-refractivity contribution is 8.00. The summed E-state index contributed by atoms with van der Waals surface area (Å²) in [5.41, 5.74) is 2.24. The molecule has 1 amide bonds. The number of hydrogen-bond donors (Lipinski definition) is 0. The number of rotatable bonds is 5. The number of thioether (sulfide) groups is 1. The number of hydrogen-bond acceptors (Lipinski definition) is 5. The lowest BCUT2D eigenvalue weighted by Gasteiger charge is -2.25. The minimum Gasteiger partial charge on any atom is -0.308 e. The number of fused-ring (bicyclic) bond motifs is 1. The number of amides is 1. The molecule has 0 bridgehead atoms. The third-order valence-corrected chi connectivity index (χ3v) is 4.93. The van der Waals surface area contributed by atoms with Crippen LogP contribution in [0.4, 0.5) is 5.69 Å². The van der Waals surface area contributed by atoms with Crippen LogP contribution >= 0.6 is 11.8 Å². The minimum absolute atomic E-state index is 0.0839. The van der Waals surface area contributed by atoms with Crippen molar-refractivity contribution in [2.75, 3.05) is 4.90 Å². The maximum absolute atomic E-state index is 12.9. The van der Waals surface area contributed by atoms with Crippen LogP contribution in [0.3, 0.4) is 0 Å². The summed E-state index contributed by atoms with van der Waals surface area (Å²) in [5.74, 6) is 0.0839. The number of para-hydroxylation sites is 1. The van der Waals surface area contributed by atoms with Crippen LogP contribution in [0.25, 0.3) is 0 Å². The number of nitrogens with zero attached hydrogens (tertiary/aromatic N) is 5. The molecule has 1 aliphatic rings. The molecule has 0 spiro atoms. The molecule has 2 heterocycles. The van der Waals surface area contributed by atoms with Gasteiger partial charge in [0.05, 0.1) is 11.8 Å². The number of benzene rings is 1. The lowest BCUT2D eigenvalue weighted by molar-refractivity contribution is -0.118. The Morgan fingerprint density at radius 3 is 3.09 bits per heavy atom. The molecule has 1 aliphatic heterocycles. The number of carbonyl (C=O) groups excluding carboxylic acids is 1. The van der Waals surface area contributed by atoms with Gasteiger partial charge in [-0.1, -0.05) is 36.0 Å². The van der Waals surface area contributed by atoms with Gasteiger partial charge < -0.3 is 4.90 Å². The van der Waals surface area contributed by atoms with Crippen molar-refractivity contribution in [3.05, 3.63) is 42.5 Å². The predicted molar refractivity (Wildman–Crippen MR) is 90.4 cm³/mol. The molecule has 0 N–H and O–H groups in total. The van der Waals surface area contributed by atoms with Gasteiger partial charge in [-0.25, -0.2) is 4.68 Å². The van der Waals surface area contributed by atoms with E-state index in [2.05, 4.69) is 35.1 Å². The topological polar surface area (TPSA) is 63.9 Å². The Bertz CT molecular complexity index is 729. The van der Waals surface area contributed by atoms with Crippen molar-refractivity contribution in [3.63, 3.8) is 0 Å². The molecule has 0 radical (unpaired) electrons. The van der Waals surface area contributed by atoms with Gasteiger partial charge in [-0.05, 0) is 42.3 Å². The summed E-state index contributed by atoms with van der Waals surface area (Å²) in [6.07, 6.45) is 2.62. The summed E-state index contributed by atoms with van der Waals surface area (Å²) in [6.45, 7) is 8.19. The van der Waals surface area contributed by atoms with Crippen LogP contribution in [-0.4, -0.2) is 37.4 Å². The zero-order chi connectivity index (χ0) is 16.4. The molecular weight excluding hydrogens is 310 g/mol.